The van der Waals surface area contributed by atoms with Crippen LogP contribution in [0, 0.1) is 19.8 Å². The van der Waals surface area contributed by atoms with E-state index in [1.165, 1.54) is 16.9 Å². The standard InChI is InChI=1S/C20H23N3O3S/c1-13-3-4-16(9-14(13)2)23-11-15(10-18(23)24)19(25)22-7-5-17(12-22)26-20-21-6-8-27-20/h3-4,6,8-9,15,17H,5,7,10-12H2,1-2H3. The summed E-state index contributed by atoms with van der Waals surface area (Å²) >= 11 is 1.46. The largest absolute Gasteiger partial charge is 0.465 e. The summed E-state index contributed by atoms with van der Waals surface area (Å²) in [5, 5.41) is 2.52. The summed E-state index contributed by atoms with van der Waals surface area (Å²) in [6, 6.07) is 6.00. The van der Waals surface area contributed by atoms with E-state index in [1.807, 2.05) is 35.4 Å². The first-order valence-electron chi connectivity index (χ1n) is 9.24. The van der Waals surface area contributed by atoms with Crippen LogP contribution in [0.2, 0.25) is 0 Å². The Morgan fingerprint density at radius 2 is 2.11 bits per heavy atom. The normalized spacial score (nSPS) is 22.5. The average Bonchev–Trinajstić information content (AvgIpc) is 3.39. The van der Waals surface area contributed by atoms with Crippen molar-refractivity contribution in [3.05, 3.63) is 40.9 Å². The first kappa shape index (κ1) is 18.0. The molecule has 2 saturated heterocycles. The van der Waals surface area contributed by atoms with Crippen molar-refractivity contribution in [3.8, 4) is 5.19 Å². The van der Waals surface area contributed by atoms with Crippen molar-refractivity contribution in [2.75, 3.05) is 24.5 Å². The van der Waals surface area contributed by atoms with Crippen LogP contribution in [0.15, 0.2) is 29.8 Å². The van der Waals surface area contributed by atoms with Crippen molar-refractivity contribution in [2.24, 2.45) is 5.92 Å². The van der Waals surface area contributed by atoms with Gasteiger partial charge in [-0.3, -0.25) is 9.59 Å². The van der Waals surface area contributed by atoms with E-state index in [0.717, 1.165) is 17.7 Å². The second kappa shape index (κ2) is 7.31. The quantitative estimate of drug-likeness (QED) is 0.812. The molecule has 2 aromatic rings. The van der Waals surface area contributed by atoms with Gasteiger partial charge in [-0.25, -0.2) is 4.98 Å². The Hall–Kier alpha value is -2.41. The molecule has 2 fully saturated rings. The molecule has 27 heavy (non-hydrogen) atoms. The third-order valence-corrected chi connectivity index (χ3v) is 6.07. The fourth-order valence-electron chi connectivity index (χ4n) is 3.71. The Kier molecular flexibility index (Phi) is 4.86. The monoisotopic (exact) mass is 385 g/mol. The minimum absolute atomic E-state index is 0.0198. The number of amides is 2. The van der Waals surface area contributed by atoms with Crippen LogP contribution in [0.5, 0.6) is 5.19 Å². The molecular formula is C20H23N3O3S. The van der Waals surface area contributed by atoms with E-state index in [1.54, 1.807) is 11.1 Å². The van der Waals surface area contributed by atoms with Crippen LogP contribution in [0.1, 0.15) is 24.0 Å². The number of hydrogen-bond acceptors (Lipinski definition) is 5. The second-order valence-corrected chi connectivity index (χ2v) is 8.14. The molecule has 0 bridgehead atoms. The lowest BCUT2D eigenvalue weighted by molar-refractivity contribution is -0.135. The van der Waals surface area contributed by atoms with Gasteiger partial charge in [0.1, 0.15) is 6.10 Å². The van der Waals surface area contributed by atoms with Crippen LogP contribution >= 0.6 is 11.3 Å². The van der Waals surface area contributed by atoms with Gasteiger partial charge in [-0.1, -0.05) is 17.4 Å². The second-order valence-electron chi connectivity index (χ2n) is 7.28. The highest BCUT2D eigenvalue weighted by atomic mass is 32.1. The molecule has 1 aromatic carbocycles. The number of benzene rings is 1. The SMILES string of the molecule is Cc1ccc(N2CC(C(=O)N3CCC(Oc4nccs4)C3)CC2=O)cc1C. The molecule has 0 radical (unpaired) electrons. The van der Waals surface area contributed by atoms with Gasteiger partial charge in [0.15, 0.2) is 0 Å². The van der Waals surface area contributed by atoms with Crippen LogP contribution in [-0.4, -0.2) is 47.4 Å². The number of aryl methyl sites for hydroxylation is 2. The predicted molar refractivity (Wildman–Crippen MR) is 104 cm³/mol. The third kappa shape index (κ3) is 3.69. The van der Waals surface area contributed by atoms with Gasteiger partial charge >= 0.3 is 0 Å². The van der Waals surface area contributed by atoms with Gasteiger partial charge < -0.3 is 14.5 Å². The van der Waals surface area contributed by atoms with Crippen LogP contribution in [0.3, 0.4) is 0 Å². The highest BCUT2D eigenvalue weighted by molar-refractivity contribution is 7.11. The van der Waals surface area contributed by atoms with E-state index in [9.17, 15) is 9.59 Å². The molecule has 7 heteroatoms. The molecule has 0 spiro atoms. The van der Waals surface area contributed by atoms with Gasteiger partial charge in [0, 0.05) is 43.2 Å². The topological polar surface area (TPSA) is 62.7 Å². The third-order valence-electron chi connectivity index (χ3n) is 5.41. The van der Waals surface area contributed by atoms with Crippen molar-refractivity contribution in [1.82, 2.24) is 9.88 Å². The summed E-state index contributed by atoms with van der Waals surface area (Å²) in [6.45, 7) is 5.77. The number of aromatic nitrogens is 1. The van der Waals surface area contributed by atoms with Crippen molar-refractivity contribution >= 4 is 28.8 Å². The molecular weight excluding hydrogens is 362 g/mol. The summed E-state index contributed by atoms with van der Waals surface area (Å²) < 4.78 is 5.83. The lowest BCUT2D eigenvalue weighted by Crippen LogP contribution is -2.37. The van der Waals surface area contributed by atoms with Crippen molar-refractivity contribution in [1.29, 1.82) is 0 Å². The van der Waals surface area contributed by atoms with E-state index in [0.29, 0.717) is 24.8 Å². The number of carbonyl (C=O) groups excluding carboxylic acids is 2. The maximum Gasteiger partial charge on any atom is 0.273 e. The van der Waals surface area contributed by atoms with Crippen LogP contribution in [0.4, 0.5) is 5.69 Å². The number of likely N-dealkylation sites (tertiary alicyclic amines) is 1. The zero-order chi connectivity index (χ0) is 19.0. The fourth-order valence-corrected chi connectivity index (χ4v) is 4.26. The van der Waals surface area contributed by atoms with E-state index in [-0.39, 0.29) is 30.3 Å². The van der Waals surface area contributed by atoms with E-state index in [2.05, 4.69) is 11.9 Å². The molecule has 3 heterocycles. The number of carbonyl (C=O) groups is 2. The summed E-state index contributed by atoms with van der Waals surface area (Å²) in [5.74, 6) is -0.205. The summed E-state index contributed by atoms with van der Waals surface area (Å²) in [5.41, 5.74) is 3.22. The van der Waals surface area contributed by atoms with Gasteiger partial charge in [0.2, 0.25) is 11.8 Å². The smallest absolute Gasteiger partial charge is 0.273 e. The van der Waals surface area contributed by atoms with Gasteiger partial charge in [-0.05, 0) is 37.1 Å². The number of thiazole rings is 1. The van der Waals surface area contributed by atoms with Crippen LogP contribution < -0.4 is 9.64 Å². The molecule has 0 saturated carbocycles. The predicted octanol–water partition coefficient (Wildman–Crippen LogP) is 2.79. The Morgan fingerprint density at radius 1 is 1.26 bits per heavy atom. The van der Waals surface area contributed by atoms with Gasteiger partial charge in [-0.15, -0.1) is 0 Å². The van der Waals surface area contributed by atoms with Gasteiger partial charge in [-0.2, -0.15) is 0 Å². The maximum absolute atomic E-state index is 12.9. The molecule has 2 amide bonds. The molecule has 142 valence electrons. The first-order valence-corrected chi connectivity index (χ1v) is 10.1. The highest BCUT2D eigenvalue weighted by Crippen LogP contribution is 2.29. The Morgan fingerprint density at radius 3 is 2.85 bits per heavy atom. The van der Waals surface area contributed by atoms with E-state index < -0.39 is 0 Å². The zero-order valence-corrected chi connectivity index (χ0v) is 16.4. The van der Waals surface area contributed by atoms with E-state index >= 15 is 0 Å². The lowest BCUT2D eigenvalue weighted by atomic mass is 10.1. The number of ether oxygens (including phenoxy) is 1. The Labute approximate surface area is 162 Å². The van der Waals surface area contributed by atoms with Gasteiger partial charge in [0.05, 0.1) is 12.5 Å². The fraction of sp³-hybridized carbons (Fsp3) is 0.450. The maximum atomic E-state index is 12.9. The number of nitrogens with zero attached hydrogens (tertiary/aromatic N) is 3. The molecule has 4 rings (SSSR count). The Bertz CT molecular complexity index is 852. The number of rotatable bonds is 4. The number of anilines is 1. The molecule has 2 aliphatic heterocycles. The zero-order valence-electron chi connectivity index (χ0n) is 15.6. The van der Waals surface area contributed by atoms with Crippen molar-refractivity contribution in [2.45, 2.75) is 32.8 Å². The lowest BCUT2D eigenvalue weighted by Gasteiger charge is -2.21. The molecule has 2 aliphatic rings. The summed E-state index contributed by atoms with van der Waals surface area (Å²) in [6.07, 6.45) is 2.77. The Balaban J connectivity index is 1.38. The molecule has 2 unspecified atom stereocenters. The van der Waals surface area contributed by atoms with Crippen molar-refractivity contribution < 1.29 is 14.3 Å². The van der Waals surface area contributed by atoms with Crippen molar-refractivity contribution in [3.63, 3.8) is 0 Å². The van der Waals surface area contributed by atoms with E-state index in [4.69, 9.17) is 4.74 Å². The van der Waals surface area contributed by atoms with Gasteiger partial charge in [0.25, 0.3) is 5.19 Å². The summed E-state index contributed by atoms with van der Waals surface area (Å²) in [7, 11) is 0. The minimum atomic E-state index is -0.280. The van der Waals surface area contributed by atoms with Crippen LogP contribution in [-0.2, 0) is 9.59 Å². The van der Waals surface area contributed by atoms with Crippen LogP contribution in [0.25, 0.3) is 0 Å². The molecule has 6 nitrogen and oxygen atoms in total. The molecule has 1 aromatic heterocycles. The molecule has 0 N–H and O–H groups in total. The highest BCUT2D eigenvalue weighted by Gasteiger charge is 2.39. The number of hydrogen-bond donors (Lipinski definition) is 0. The molecule has 0 aliphatic carbocycles. The molecule has 2 atom stereocenters. The summed E-state index contributed by atoms with van der Waals surface area (Å²) in [4.78, 5) is 33.1. The average molecular weight is 385 g/mol. The first-order chi connectivity index (χ1) is 13.0. The minimum Gasteiger partial charge on any atom is -0.465 e.